The number of carbonyl (C=O) groups is 1. The summed E-state index contributed by atoms with van der Waals surface area (Å²) in [5, 5.41) is 0. The van der Waals surface area contributed by atoms with Crippen LogP contribution < -0.4 is 0 Å². The number of alkyl halides is 2. The zero-order valence-electron chi connectivity index (χ0n) is 13.7. The normalized spacial score (nSPS) is 14.0. The number of aryl methyl sites for hydroxylation is 1. The molecular formula is C17H16F5N3O. The molecular weight excluding hydrogens is 357 g/mol. The van der Waals surface area contributed by atoms with Crippen molar-refractivity contribution in [2.75, 3.05) is 6.54 Å². The third-order valence-electron chi connectivity index (χ3n) is 4.32. The predicted molar refractivity (Wildman–Crippen MR) is 81.9 cm³/mol. The van der Waals surface area contributed by atoms with E-state index in [0.717, 1.165) is 6.07 Å². The van der Waals surface area contributed by atoms with Gasteiger partial charge in [-0.05, 0) is 24.5 Å². The van der Waals surface area contributed by atoms with E-state index in [1.165, 1.54) is 11.1 Å². The summed E-state index contributed by atoms with van der Waals surface area (Å²) in [6.07, 6.45) is -0.946. The molecule has 3 rings (SSSR count). The molecule has 26 heavy (non-hydrogen) atoms. The molecule has 0 bridgehead atoms. The van der Waals surface area contributed by atoms with Crippen molar-refractivity contribution in [1.82, 2.24) is 14.5 Å². The zero-order valence-corrected chi connectivity index (χ0v) is 13.7. The molecule has 0 atom stereocenters. The van der Waals surface area contributed by atoms with Gasteiger partial charge >= 0.3 is 0 Å². The van der Waals surface area contributed by atoms with Crippen LogP contribution >= 0.6 is 0 Å². The molecule has 0 saturated carbocycles. The maximum absolute atomic E-state index is 13.6. The first-order valence-electron chi connectivity index (χ1n) is 8.10. The summed E-state index contributed by atoms with van der Waals surface area (Å²) in [6.45, 7) is 0.869. The van der Waals surface area contributed by atoms with Crippen LogP contribution in [0.4, 0.5) is 22.0 Å². The van der Waals surface area contributed by atoms with Crippen molar-refractivity contribution in [2.24, 2.45) is 0 Å². The van der Waals surface area contributed by atoms with Gasteiger partial charge in [-0.1, -0.05) is 0 Å². The summed E-state index contributed by atoms with van der Waals surface area (Å²) in [7, 11) is 0. The van der Waals surface area contributed by atoms with Crippen molar-refractivity contribution >= 4 is 5.91 Å². The molecule has 1 aromatic heterocycles. The van der Waals surface area contributed by atoms with Crippen molar-refractivity contribution in [1.29, 1.82) is 0 Å². The Kier molecular flexibility index (Phi) is 5.24. The Morgan fingerprint density at radius 2 is 1.85 bits per heavy atom. The SMILES string of the molecule is O=C(CCCc1cc(F)c(F)cc1F)N1CCn2cc(C(F)F)nc2C1. The molecule has 1 aliphatic rings. The Balaban J connectivity index is 1.55. The van der Waals surface area contributed by atoms with Crippen LogP contribution in [-0.2, 0) is 24.3 Å². The van der Waals surface area contributed by atoms with Gasteiger partial charge < -0.3 is 9.47 Å². The molecule has 2 heterocycles. The summed E-state index contributed by atoms with van der Waals surface area (Å²) in [4.78, 5) is 17.6. The molecule has 2 aromatic rings. The lowest BCUT2D eigenvalue weighted by molar-refractivity contribution is -0.132. The monoisotopic (exact) mass is 373 g/mol. The van der Waals surface area contributed by atoms with Gasteiger partial charge in [0.1, 0.15) is 17.3 Å². The Morgan fingerprint density at radius 3 is 2.58 bits per heavy atom. The molecule has 9 heteroatoms. The van der Waals surface area contributed by atoms with Crippen LogP contribution in [0, 0.1) is 17.5 Å². The summed E-state index contributed by atoms with van der Waals surface area (Å²) in [6, 6.07) is 1.27. The van der Waals surface area contributed by atoms with Crippen LogP contribution in [0.15, 0.2) is 18.3 Å². The van der Waals surface area contributed by atoms with Crippen LogP contribution in [0.2, 0.25) is 0 Å². The van der Waals surface area contributed by atoms with Gasteiger partial charge in [-0.25, -0.2) is 26.9 Å². The van der Waals surface area contributed by atoms with Gasteiger partial charge in [0.15, 0.2) is 11.6 Å². The number of carbonyl (C=O) groups excluding carboxylic acids is 1. The molecule has 0 aliphatic carbocycles. The lowest BCUT2D eigenvalue weighted by Crippen LogP contribution is -2.38. The van der Waals surface area contributed by atoms with Crippen molar-refractivity contribution < 1.29 is 26.7 Å². The summed E-state index contributed by atoms with van der Waals surface area (Å²) in [5.74, 6) is -3.07. The predicted octanol–water partition coefficient (Wildman–Crippen LogP) is 3.60. The fourth-order valence-electron chi connectivity index (χ4n) is 2.94. The van der Waals surface area contributed by atoms with E-state index in [9.17, 15) is 26.7 Å². The van der Waals surface area contributed by atoms with Gasteiger partial charge in [-0.2, -0.15) is 0 Å². The highest BCUT2D eigenvalue weighted by Gasteiger charge is 2.24. The molecule has 0 unspecified atom stereocenters. The van der Waals surface area contributed by atoms with E-state index < -0.39 is 23.9 Å². The highest BCUT2D eigenvalue weighted by atomic mass is 19.3. The quantitative estimate of drug-likeness (QED) is 0.593. The highest BCUT2D eigenvalue weighted by Crippen LogP contribution is 2.22. The Hall–Kier alpha value is -2.45. The van der Waals surface area contributed by atoms with Crippen LogP contribution in [0.1, 0.15) is 36.3 Å². The number of imidazole rings is 1. The van der Waals surface area contributed by atoms with E-state index in [0.29, 0.717) is 25.0 Å². The molecule has 0 fully saturated rings. The molecule has 0 N–H and O–H groups in total. The van der Waals surface area contributed by atoms with Gasteiger partial charge in [0.05, 0.1) is 6.54 Å². The summed E-state index contributed by atoms with van der Waals surface area (Å²) < 4.78 is 66.6. The van der Waals surface area contributed by atoms with Crippen LogP contribution in [0.5, 0.6) is 0 Å². The van der Waals surface area contributed by atoms with E-state index in [4.69, 9.17) is 0 Å². The number of hydrogen-bond donors (Lipinski definition) is 0. The number of amides is 1. The number of halogens is 5. The number of fused-ring (bicyclic) bond motifs is 1. The molecule has 0 saturated heterocycles. The van der Waals surface area contributed by atoms with Crippen LogP contribution in [-0.4, -0.2) is 26.9 Å². The van der Waals surface area contributed by atoms with Gasteiger partial charge in [-0.15, -0.1) is 0 Å². The average molecular weight is 373 g/mol. The lowest BCUT2D eigenvalue weighted by Gasteiger charge is -2.27. The highest BCUT2D eigenvalue weighted by molar-refractivity contribution is 5.76. The lowest BCUT2D eigenvalue weighted by atomic mass is 10.1. The average Bonchev–Trinajstić information content (AvgIpc) is 3.02. The Morgan fingerprint density at radius 1 is 1.12 bits per heavy atom. The third-order valence-corrected chi connectivity index (χ3v) is 4.32. The number of rotatable bonds is 5. The van der Waals surface area contributed by atoms with E-state index >= 15 is 0 Å². The van der Waals surface area contributed by atoms with E-state index in [2.05, 4.69) is 4.98 Å². The molecule has 0 spiro atoms. The fraction of sp³-hybridized carbons (Fsp3) is 0.412. The third kappa shape index (κ3) is 3.86. The Labute approximate surface area is 146 Å². The van der Waals surface area contributed by atoms with Gasteiger partial charge in [0, 0.05) is 31.8 Å². The zero-order chi connectivity index (χ0) is 18.8. The minimum Gasteiger partial charge on any atom is -0.333 e. The van der Waals surface area contributed by atoms with E-state index in [-0.39, 0.29) is 43.0 Å². The second-order valence-electron chi connectivity index (χ2n) is 6.10. The van der Waals surface area contributed by atoms with Gasteiger partial charge in [-0.3, -0.25) is 4.79 Å². The van der Waals surface area contributed by atoms with Gasteiger partial charge in [0.25, 0.3) is 6.43 Å². The maximum atomic E-state index is 13.6. The standard InChI is InChI=1S/C17H16F5N3O/c18-11-7-13(20)12(19)6-10(11)2-1-3-16(26)25-5-4-24-8-14(17(21)22)23-15(24)9-25/h6-8,17H,1-5,9H2. The molecule has 1 aromatic carbocycles. The number of benzene rings is 1. The minimum absolute atomic E-state index is 0.00691. The molecule has 0 radical (unpaired) electrons. The molecule has 140 valence electrons. The maximum Gasteiger partial charge on any atom is 0.281 e. The van der Waals surface area contributed by atoms with E-state index in [1.807, 2.05) is 0 Å². The fourth-order valence-corrected chi connectivity index (χ4v) is 2.94. The largest absolute Gasteiger partial charge is 0.333 e. The van der Waals surface area contributed by atoms with Crippen LogP contribution in [0.3, 0.4) is 0 Å². The topological polar surface area (TPSA) is 38.1 Å². The Bertz CT molecular complexity index is 821. The first-order valence-corrected chi connectivity index (χ1v) is 8.10. The smallest absolute Gasteiger partial charge is 0.281 e. The molecule has 4 nitrogen and oxygen atoms in total. The van der Waals surface area contributed by atoms with Crippen molar-refractivity contribution in [3.05, 3.63) is 52.9 Å². The second-order valence-corrected chi connectivity index (χ2v) is 6.10. The summed E-state index contributed by atoms with van der Waals surface area (Å²) >= 11 is 0. The minimum atomic E-state index is -2.66. The summed E-state index contributed by atoms with van der Waals surface area (Å²) in [5.41, 5.74) is -0.310. The van der Waals surface area contributed by atoms with Crippen molar-refractivity contribution in [3.63, 3.8) is 0 Å². The second kappa shape index (κ2) is 7.43. The molecule has 1 amide bonds. The first kappa shape index (κ1) is 18.3. The van der Waals surface area contributed by atoms with Gasteiger partial charge in [0.2, 0.25) is 5.91 Å². The van der Waals surface area contributed by atoms with Crippen LogP contribution in [0.25, 0.3) is 0 Å². The number of hydrogen-bond acceptors (Lipinski definition) is 2. The van der Waals surface area contributed by atoms with E-state index in [1.54, 1.807) is 4.57 Å². The molecule has 1 aliphatic heterocycles. The first-order chi connectivity index (χ1) is 12.3. The number of aromatic nitrogens is 2. The number of nitrogens with zero attached hydrogens (tertiary/aromatic N) is 3. The van der Waals surface area contributed by atoms with Crippen molar-refractivity contribution in [3.8, 4) is 0 Å². The van der Waals surface area contributed by atoms with Crippen molar-refractivity contribution in [2.45, 2.75) is 38.8 Å².